The number of rotatable bonds is 1. The number of nitrogens with zero attached hydrogens (tertiary/aromatic N) is 1. The van der Waals surface area contributed by atoms with Crippen LogP contribution in [0.5, 0.6) is 0 Å². The summed E-state index contributed by atoms with van der Waals surface area (Å²) >= 11 is 4.70. The SMILES string of the molecule is CCN1C(=O)COC1=S. The van der Waals surface area contributed by atoms with Crippen molar-refractivity contribution in [2.45, 2.75) is 6.92 Å². The molecule has 4 heteroatoms. The van der Waals surface area contributed by atoms with Crippen LogP contribution in [0.1, 0.15) is 6.92 Å². The highest BCUT2D eigenvalue weighted by atomic mass is 32.1. The highest BCUT2D eigenvalue weighted by Crippen LogP contribution is 2.03. The average molecular weight is 145 g/mol. The van der Waals surface area contributed by atoms with E-state index in [4.69, 9.17) is 17.0 Å². The molecular weight excluding hydrogens is 138 g/mol. The van der Waals surface area contributed by atoms with Gasteiger partial charge in [0, 0.05) is 6.54 Å². The number of amides is 1. The maximum Gasteiger partial charge on any atom is 0.267 e. The number of likely N-dealkylation sites (N-methyl/N-ethyl adjacent to an activating group) is 1. The van der Waals surface area contributed by atoms with Crippen LogP contribution in [-0.2, 0) is 9.53 Å². The maximum atomic E-state index is 10.7. The number of carbonyl (C=O) groups excluding carboxylic acids is 1. The standard InChI is InChI=1S/C5H7NO2S/c1-2-6-4(7)3-8-5(6)9/h2-3H2,1H3. The number of hydrogen-bond acceptors (Lipinski definition) is 3. The molecule has 0 atom stereocenters. The summed E-state index contributed by atoms with van der Waals surface area (Å²) in [5.41, 5.74) is 0. The van der Waals surface area contributed by atoms with Gasteiger partial charge in [0.05, 0.1) is 0 Å². The van der Waals surface area contributed by atoms with Gasteiger partial charge in [0.2, 0.25) is 0 Å². The van der Waals surface area contributed by atoms with E-state index in [1.165, 1.54) is 4.90 Å². The summed E-state index contributed by atoms with van der Waals surface area (Å²) in [7, 11) is 0. The lowest BCUT2D eigenvalue weighted by Gasteiger charge is -2.07. The van der Waals surface area contributed by atoms with Crippen LogP contribution >= 0.6 is 12.2 Å². The fourth-order valence-electron chi connectivity index (χ4n) is 0.687. The van der Waals surface area contributed by atoms with E-state index in [1.54, 1.807) is 0 Å². The van der Waals surface area contributed by atoms with E-state index < -0.39 is 0 Å². The Morgan fingerprint density at radius 1 is 1.89 bits per heavy atom. The summed E-state index contributed by atoms with van der Waals surface area (Å²) < 4.78 is 4.78. The summed E-state index contributed by atoms with van der Waals surface area (Å²) in [5, 5.41) is 0.308. The van der Waals surface area contributed by atoms with Crippen LogP contribution < -0.4 is 0 Å². The molecule has 1 aliphatic heterocycles. The molecule has 3 nitrogen and oxygen atoms in total. The molecule has 0 aliphatic carbocycles. The molecule has 0 aromatic heterocycles. The van der Waals surface area contributed by atoms with Crippen molar-refractivity contribution in [3.63, 3.8) is 0 Å². The van der Waals surface area contributed by atoms with E-state index in [9.17, 15) is 4.79 Å². The Kier molecular flexibility index (Phi) is 1.66. The third-order valence-electron chi connectivity index (χ3n) is 1.16. The van der Waals surface area contributed by atoms with Crippen LogP contribution in [0.3, 0.4) is 0 Å². The molecule has 50 valence electrons. The van der Waals surface area contributed by atoms with Crippen molar-refractivity contribution in [2.24, 2.45) is 0 Å². The number of hydrogen-bond donors (Lipinski definition) is 0. The van der Waals surface area contributed by atoms with Crippen LogP contribution in [0.4, 0.5) is 0 Å². The quantitative estimate of drug-likeness (QED) is 0.492. The lowest BCUT2D eigenvalue weighted by atomic mass is 10.5. The number of carbonyl (C=O) groups is 1. The monoisotopic (exact) mass is 145 g/mol. The van der Waals surface area contributed by atoms with Crippen molar-refractivity contribution >= 4 is 23.3 Å². The Hall–Kier alpha value is -0.640. The molecule has 0 bridgehead atoms. The molecule has 1 saturated heterocycles. The Morgan fingerprint density at radius 2 is 2.56 bits per heavy atom. The molecule has 0 spiro atoms. The van der Waals surface area contributed by atoms with Gasteiger partial charge in [-0.25, -0.2) is 0 Å². The Labute approximate surface area is 58.6 Å². The van der Waals surface area contributed by atoms with Gasteiger partial charge in [-0.15, -0.1) is 0 Å². The summed E-state index contributed by atoms with van der Waals surface area (Å²) in [5.74, 6) is -0.0394. The zero-order valence-electron chi connectivity index (χ0n) is 5.09. The van der Waals surface area contributed by atoms with Gasteiger partial charge < -0.3 is 4.74 Å². The molecule has 0 unspecified atom stereocenters. The normalized spacial score (nSPS) is 18.6. The predicted molar refractivity (Wildman–Crippen MR) is 35.9 cm³/mol. The van der Waals surface area contributed by atoms with Gasteiger partial charge in [-0.1, -0.05) is 0 Å². The van der Waals surface area contributed by atoms with Crippen LogP contribution in [-0.4, -0.2) is 29.1 Å². The first kappa shape index (κ1) is 6.48. The lowest BCUT2D eigenvalue weighted by Crippen LogP contribution is -2.28. The predicted octanol–water partition coefficient (Wildman–Crippen LogP) is 0.150. The van der Waals surface area contributed by atoms with Crippen molar-refractivity contribution in [2.75, 3.05) is 13.2 Å². The molecule has 1 aliphatic rings. The molecule has 0 N–H and O–H groups in total. The summed E-state index contributed by atoms with van der Waals surface area (Å²) in [6, 6.07) is 0. The van der Waals surface area contributed by atoms with Gasteiger partial charge in [-0.3, -0.25) is 9.69 Å². The minimum absolute atomic E-state index is 0.0394. The van der Waals surface area contributed by atoms with Crippen molar-refractivity contribution < 1.29 is 9.53 Å². The second-order valence-corrected chi connectivity index (χ2v) is 2.04. The van der Waals surface area contributed by atoms with E-state index in [0.717, 1.165) is 0 Å². The molecule has 1 fully saturated rings. The van der Waals surface area contributed by atoms with Gasteiger partial charge in [0.1, 0.15) is 0 Å². The van der Waals surface area contributed by atoms with E-state index in [-0.39, 0.29) is 12.5 Å². The molecule has 0 aromatic carbocycles. The second-order valence-electron chi connectivity index (χ2n) is 1.69. The van der Waals surface area contributed by atoms with E-state index in [2.05, 4.69) is 0 Å². The van der Waals surface area contributed by atoms with Crippen molar-refractivity contribution in [1.29, 1.82) is 0 Å². The van der Waals surface area contributed by atoms with Gasteiger partial charge in [-0.2, -0.15) is 0 Å². The molecule has 0 radical (unpaired) electrons. The van der Waals surface area contributed by atoms with Gasteiger partial charge in [0.15, 0.2) is 6.61 Å². The molecule has 0 saturated carbocycles. The van der Waals surface area contributed by atoms with Gasteiger partial charge in [-0.05, 0) is 19.1 Å². The van der Waals surface area contributed by atoms with E-state index >= 15 is 0 Å². The molecule has 1 amide bonds. The number of ether oxygens (including phenoxy) is 1. The summed E-state index contributed by atoms with van der Waals surface area (Å²) in [6.07, 6.45) is 0. The van der Waals surface area contributed by atoms with Gasteiger partial charge in [0.25, 0.3) is 11.1 Å². The molecule has 0 aromatic rings. The zero-order valence-corrected chi connectivity index (χ0v) is 5.90. The molecule has 9 heavy (non-hydrogen) atoms. The van der Waals surface area contributed by atoms with Crippen molar-refractivity contribution in [1.82, 2.24) is 4.90 Å². The third-order valence-corrected chi connectivity index (χ3v) is 1.50. The summed E-state index contributed by atoms with van der Waals surface area (Å²) in [6.45, 7) is 2.59. The Bertz CT molecular complexity index is 141. The van der Waals surface area contributed by atoms with Crippen molar-refractivity contribution in [3.8, 4) is 0 Å². The zero-order chi connectivity index (χ0) is 6.85. The Morgan fingerprint density at radius 3 is 2.78 bits per heavy atom. The lowest BCUT2D eigenvalue weighted by molar-refractivity contribution is -0.125. The average Bonchev–Trinajstić information content (AvgIpc) is 2.12. The van der Waals surface area contributed by atoms with Gasteiger partial charge >= 0.3 is 0 Å². The van der Waals surface area contributed by atoms with E-state index in [1.807, 2.05) is 6.92 Å². The molecule has 1 rings (SSSR count). The van der Waals surface area contributed by atoms with Crippen LogP contribution in [0.15, 0.2) is 0 Å². The van der Waals surface area contributed by atoms with Crippen LogP contribution in [0.2, 0.25) is 0 Å². The second kappa shape index (κ2) is 2.31. The van der Waals surface area contributed by atoms with E-state index in [0.29, 0.717) is 11.7 Å². The first-order chi connectivity index (χ1) is 4.25. The highest BCUT2D eigenvalue weighted by Gasteiger charge is 2.25. The fraction of sp³-hybridized carbons (Fsp3) is 0.600. The first-order valence-corrected chi connectivity index (χ1v) is 3.13. The summed E-state index contributed by atoms with van der Waals surface area (Å²) in [4.78, 5) is 12.2. The first-order valence-electron chi connectivity index (χ1n) is 2.73. The Balaban J connectivity index is 2.66. The number of thiocarbonyl (C=S) groups is 1. The minimum atomic E-state index is -0.0394. The highest BCUT2D eigenvalue weighted by molar-refractivity contribution is 7.80. The maximum absolute atomic E-state index is 10.7. The fourth-order valence-corrected chi connectivity index (χ4v) is 0.976. The van der Waals surface area contributed by atoms with Crippen molar-refractivity contribution in [3.05, 3.63) is 0 Å². The molecular formula is C5H7NO2S. The topological polar surface area (TPSA) is 29.5 Å². The smallest absolute Gasteiger partial charge is 0.267 e. The molecule has 1 heterocycles. The van der Waals surface area contributed by atoms with Crippen LogP contribution in [0, 0.1) is 0 Å². The van der Waals surface area contributed by atoms with Crippen LogP contribution in [0.25, 0.3) is 0 Å². The third kappa shape index (κ3) is 1.03. The minimum Gasteiger partial charge on any atom is -0.460 e. The largest absolute Gasteiger partial charge is 0.460 e.